The van der Waals surface area contributed by atoms with Crippen LogP contribution in [0.1, 0.15) is 11.1 Å². The van der Waals surface area contributed by atoms with Crippen LogP contribution >= 0.6 is 0 Å². The monoisotopic (exact) mass is 293 g/mol. The Hall–Kier alpha value is -1.88. The summed E-state index contributed by atoms with van der Waals surface area (Å²) in [7, 11) is -2.47. The standard InChI is InChI=1S/C15H16FNO2S/c1-11-8-12(2)10-13(9-11)17(3)20(18,19)15-7-5-4-6-14(15)16/h4-10H,1-3H3. The van der Waals surface area contributed by atoms with Gasteiger partial charge in [-0.05, 0) is 49.2 Å². The second kappa shape index (κ2) is 5.25. The Kier molecular flexibility index (Phi) is 3.81. The lowest BCUT2D eigenvalue weighted by molar-refractivity contribution is 0.566. The SMILES string of the molecule is Cc1cc(C)cc(N(C)S(=O)(=O)c2ccccc2F)c1. The largest absolute Gasteiger partial charge is 0.269 e. The molecule has 0 spiro atoms. The number of sulfonamides is 1. The van der Waals surface area contributed by atoms with Crippen LogP contribution in [0.4, 0.5) is 10.1 Å². The van der Waals surface area contributed by atoms with Crippen molar-refractivity contribution in [1.82, 2.24) is 0 Å². The molecule has 0 saturated carbocycles. The minimum atomic E-state index is -3.90. The number of halogens is 1. The van der Waals surface area contributed by atoms with E-state index >= 15 is 0 Å². The van der Waals surface area contributed by atoms with E-state index in [0.717, 1.165) is 21.5 Å². The predicted octanol–water partition coefficient (Wildman–Crippen LogP) is 3.27. The van der Waals surface area contributed by atoms with Gasteiger partial charge in [-0.3, -0.25) is 4.31 Å². The lowest BCUT2D eigenvalue weighted by Crippen LogP contribution is -2.27. The smallest absolute Gasteiger partial charge is 0.266 e. The van der Waals surface area contributed by atoms with Crippen molar-refractivity contribution in [2.24, 2.45) is 0 Å². The number of hydrogen-bond donors (Lipinski definition) is 0. The van der Waals surface area contributed by atoms with Crippen LogP contribution in [0.25, 0.3) is 0 Å². The van der Waals surface area contributed by atoms with Gasteiger partial charge in [-0.25, -0.2) is 12.8 Å². The van der Waals surface area contributed by atoms with Crippen molar-refractivity contribution in [1.29, 1.82) is 0 Å². The Bertz CT molecular complexity index is 721. The highest BCUT2D eigenvalue weighted by Crippen LogP contribution is 2.25. The third-order valence-corrected chi connectivity index (χ3v) is 4.86. The molecule has 2 rings (SSSR count). The summed E-state index contributed by atoms with van der Waals surface area (Å²) in [5.41, 5.74) is 2.43. The molecule has 2 aromatic rings. The molecule has 0 bridgehead atoms. The summed E-state index contributed by atoms with van der Waals surface area (Å²) in [6.45, 7) is 3.78. The third-order valence-electron chi connectivity index (χ3n) is 3.05. The maximum Gasteiger partial charge on any atom is 0.266 e. The molecule has 0 aromatic heterocycles. The topological polar surface area (TPSA) is 37.4 Å². The highest BCUT2D eigenvalue weighted by molar-refractivity contribution is 7.92. The summed E-state index contributed by atoms with van der Waals surface area (Å²) in [5, 5.41) is 0. The number of nitrogens with zero attached hydrogens (tertiary/aromatic N) is 1. The molecule has 2 aromatic carbocycles. The molecule has 20 heavy (non-hydrogen) atoms. The molecule has 0 heterocycles. The van der Waals surface area contributed by atoms with Crippen LogP contribution < -0.4 is 4.31 Å². The van der Waals surface area contributed by atoms with Gasteiger partial charge in [-0.1, -0.05) is 18.2 Å². The molecule has 0 unspecified atom stereocenters. The minimum Gasteiger partial charge on any atom is -0.269 e. The second-order valence-electron chi connectivity index (χ2n) is 4.75. The normalized spacial score (nSPS) is 11.4. The van der Waals surface area contributed by atoms with Gasteiger partial charge in [-0.15, -0.1) is 0 Å². The number of aryl methyl sites for hydroxylation is 2. The van der Waals surface area contributed by atoms with E-state index in [0.29, 0.717) is 5.69 Å². The first-order valence-corrected chi connectivity index (χ1v) is 7.58. The zero-order chi connectivity index (χ0) is 14.9. The van der Waals surface area contributed by atoms with Gasteiger partial charge in [0.05, 0.1) is 5.69 Å². The van der Waals surface area contributed by atoms with E-state index in [9.17, 15) is 12.8 Å². The van der Waals surface area contributed by atoms with Crippen molar-refractivity contribution in [2.45, 2.75) is 18.7 Å². The molecule has 0 amide bonds. The highest BCUT2D eigenvalue weighted by Gasteiger charge is 2.24. The van der Waals surface area contributed by atoms with Gasteiger partial charge >= 0.3 is 0 Å². The maximum atomic E-state index is 13.7. The van der Waals surface area contributed by atoms with Crippen molar-refractivity contribution in [2.75, 3.05) is 11.4 Å². The average Bonchev–Trinajstić information content (AvgIpc) is 2.37. The van der Waals surface area contributed by atoms with E-state index in [1.807, 2.05) is 19.9 Å². The molecule has 0 N–H and O–H groups in total. The Morgan fingerprint density at radius 1 is 1.00 bits per heavy atom. The Morgan fingerprint density at radius 2 is 1.55 bits per heavy atom. The molecular weight excluding hydrogens is 277 g/mol. The lowest BCUT2D eigenvalue weighted by atomic mass is 10.1. The molecular formula is C15H16FNO2S. The van der Waals surface area contributed by atoms with E-state index in [1.165, 1.54) is 25.2 Å². The van der Waals surface area contributed by atoms with Crippen LogP contribution in [-0.4, -0.2) is 15.5 Å². The molecule has 106 valence electrons. The molecule has 0 aliphatic carbocycles. The predicted molar refractivity (Wildman–Crippen MR) is 77.9 cm³/mol. The zero-order valence-electron chi connectivity index (χ0n) is 11.6. The fraction of sp³-hybridized carbons (Fsp3) is 0.200. The molecule has 5 heteroatoms. The molecule has 0 aliphatic heterocycles. The van der Waals surface area contributed by atoms with Crippen LogP contribution in [0, 0.1) is 19.7 Å². The average molecular weight is 293 g/mol. The number of benzene rings is 2. The van der Waals surface area contributed by atoms with Gasteiger partial charge in [0.2, 0.25) is 0 Å². The summed E-state index contributed by atoms with van der Waals surface area (Å²) in [6, 6.07) is 10.8. The maximum absolute atomic E-state index is 13.7. The Morgan fingerprint density at radius 3 is 2.10 bits per heavy atom. The van der Waals surface area contributed by atoms with E-state index in [4.69, 9.17) is 0 Å². The lowest BCUT2D eigenvalue weighted by Gasteiger charge is -2.20. The van der Waals surface area contributed by atoms with Gasteiger partial charge in [0.15, 0.2) is 0 Å². The van der Waals surface area contributed by atoms with Gasteiger partial charge in [0, 0.05) is 7.05 Å². The van der Waals surface area contributed by atoms with E-state index in [1.54, 1.807) is 12.1 Å². The first-order valence-electron chi connectivity index (χ1n) is 6.14. The molecule has 0 radical (unpaired) electrons. The Labute approximate surface area is 118 Å². The minimum absolute atomic E-state index is 0.318. The van der Waals surface area contributed by atoms with Gasteiger partial charge in [-0.2, -0.15) is 0 Å². The summed E-state index contributed by atoms with van der Waals surface area (Å²) < 4.78 is 39.7. The van der Waals surface area contributed by atoms with Crippen LogP contribution in [0.2, 0.25) is 0 Å². The molecule has 0 aliphatic rings. The molecule has 0 atom stereocenters. The van der Waals surface area contributed by atoms with E-state index < -0.39 is 15.8 Å². The third kappa shape index (κ3) is 2.67. The zero-order valence-corrected chi connectivity index (χ0v) is 12.4. The van der Waals surface area contributed by atoms with Crippen LogP contribution in [0.3, 0.4) is 0 Å². The summed E-state index contributed by atoms with van der Waals surface area (Å²) in [4.78, 5) is -0.318. The van der Waals surface area contributed by atoms with Gasteiger partial charge < -0.3 is 0 Å². The van der Waals surface area contributed by atoms with Crippen molar-refractivity contribution in [3.8, 4) is 0 Å². The molecule has 3 nitrogen and oxygen atoms in total. The summed E-state index contributed by atoms with van der Waals surface area (Å²) >= 11 is 0. The van der Waals surface area contributed by atoms with Crippen molar-refractivity contribution < 1.29 is 12.8 Å². The fourth-order valence-corrected chi connectivity index (χ4v) is 3.32. The number of anilines is 1. The van der Waals surface area contributed by atoms with E-state index in [2.05, 4.69) is 0 Å². The van der Waals surface area contributed by atoms with E-state index in [-0.39, 0.29) is 4.90 Å². The first kappa shape index (κ1) is 14.5. The summed E-state index contributed by atoms with van der Waals surface area (Å²) in [5.74, 6) is -0.747. The number of hydrogen-bond acceptors (Lipinski definition) is 2. The second-order valence-corrected chi connectivity index (χ2v) is 6.69. The Balaban J connectivity index is 2.52. The quantitative estimate of drug-likeness (QED) is 0.871. The van der Waals surface area contributed by atoms with Crippen LogP contribution in [0.5, 0.6) is 0 Å². The van der Waals surface area contributed by atoms with Crippen molar-refractivity contribution >= 4 is 15.7 Å². The number of rotatable bonds is 3. The highest BCUT2D eigenvalue weighted by atomic mass is 32.2. The van der Waals surface area contributed by atoms with Crippen molar-refractivity contribution in [3.05, 3.63) is 59.4 Å². The molecule has 0 fully saturated rings. The van der Waals surface area contributed by atoms with Crippen LogP contribution in [-0.2, 0) is 10.0 Å². The summed E-state index contributed by atoms with van der Waals surface area (Å²) in [6.07, 6.45) is 0. The van der Waals surface area contributed by atoms with Gasteiger partial charge in [0.25, 0.3) is 10.0 Å². The molecule has 0 saturated heterocycles. The van der Waals surface area contributed by atoms with Crippen molar-refractivity contribution in [3.63, 3.8) is 0 Å². The van der Waals surface area contributed by atoms with Gasteiger partial charge in [0.1, 0.15) is 10.7 Å². The fourth-order valence-electron chi connectivity index (χ4n) is 2.07. The first-order chi connectivity index (χ1) is 9.32. The van der Waals surface area contributed by atoms with Crippen LogP contribution in [0.15, 0.2) is 47.4 Å².